The van der Waals surface area contributed by atoms with Crippen molar-refractivity contribution in [2.24, 2.45) is 5.73 Å². The zero-order chi connectivity index (χ0) is 14.8. The fourth-order valence-electron chi connectivity index (χ4n) is 2.16. The van der Waals surface area contributed by atoms with Crippen molar-refractivity contribution >= 4 is 0 Å². The summed E-state index contributed by atoms with van der Waals surface area (Å²) in [7, 11) is 0. The third kappa shape index (κ3) is 3.36. The van der Waals surface area contributed by atoms with Crippen molar-refractivity contribution in [2.75, 3.05) is 0 Å². The van der Waals surface area contributed by atoms with Gasteiger partial charge in [-0.15, -0.1) is 0 Å². The van der Waals surface area contributed by atoms with Crippen LogP contribution in [0.3, 0.4) is 0 Å². The molecule has 0 aliphatic carbocycles. The quantitative estimate of drug-likeness (QED) is 0.919. The molecule has 0 amide bonds. The molecule has 2 aromatic rings. The Bertz CT molecular complexity index is 600. The lowest BCUT2D eigenvalue weighted by Gasteiger charge is -2.22. The number of nitrogens with two attached hydrogens (primary N) is 1. The molecule has 0 aliphatic heterocycles. The molecule has 0 spiro atoms. The Morgan fingerprint density at radius 1 is 1.15 bits per heavy atom. The van der Waals surface area contributed by atoms with Crippen molar-refractivity contribution in [1.29, 1.82) is 0 Å². The Kier molecular flexibility index (Phi) is 4.09. The summed E-state index contributed by atoms with van der Waals surface area (Å²) in [6, 6.07) is 11.9. The maximum Gasteiger partial charge on any atom is 0.219 e. The molecule has 20 heavy (non-hydrogen) atoms. The predicted molar refractivity (Wildman–Crippen MR) is 82.1 cm³/mol. The van der Waals surface area contributed by atoms with Crippen LogP contribution in [-0.2, 0) is 12.0 Å². The Balaban J connectivity index is 2.38. The Labute approximate surface area is 120 Å². The number of para-hydroxylation sites is 1. The van der Waals surface area contributed by atoms with E-state index in [4.69, 9.17) is 10.5 Å². The Morgan fingerprint density at radius 3 is 2.50 bits per heavy atom. The number of hydrogen-bond acceptors (Lipinski definition) is 3. The summed E-state index contributed by atoms with van der Waals surface area (Å²) in [4.78, 5) is 4.42. The number of aromatic nitrogens is 1. The van der Waals surface area contributed by atoms with Gasteiger partial charge in [0.25, 0.3) is 0 Å². The molecule has 3 nitrogen and oxygen atoms in total. The summed E-state index contributed by atoms with van der Waals surface area (Å²) in [5, 5.41) is 0. The van der Waals surface area contributed by atoms with Crippen LogP contribution in [0.4, 0.5) is 0 Å². The second-order valence-electron chi connectivity index (χ2n) is 6.01. The Morgan fingerprint density at radius 2 is 1.85 bits per heavy atom. The monoisotopic (exact) mass is 270 g/mol. The highest BCUT2D eigenvalue weighted by atomic mass is 16.5. The van der Waals surface area contributed by atoms with E-state index >= 15 is 0 Å². The van der Waals surface area contributed by atoms with Crippen LogP contribution in [0.2, 0.25) is 0 Å². The van der Waals surface area contributed by atoms with E-state index in [9.17, 15) is 0 Å². The van der Waals surface area contributed by atoms with Gasteiger partial charge in [0, 0.05) is 23.9 Å². The molecule has 106 valence electrons. The van der Waals surface area contributed by atoms with Crippen molar-refractivity contribution in [2.45, 2.75) is 39.7 Å². The number of aryl methyl sites for hydroxylation is 1. The largest absolute Gasteiger partial charge is 0.439 e. The number of nitrogens with zero attached hydrogens (tertiary/aromatic N) is 1. The normalized spacial score (nSPS) is 11.4. The second kappa shape index (κ2) is 5.63. The molecule has 0 saturated carbocycles. The van der Waals surface area contributed by atoms with Crippen LogP contribution in [0.1, 0.15) is 37.6 Å². The highest BCUT2D eigenvalue weighted by Crippen LogP contribution is 2.33. The summed E-state index contributed by atoms with van der Waals surface area (Å²) in [6.45, 7) is 8.95. The molecule has 0 atom stereocenters. The molecule has 2 N–H and O–H groups in total. The second-order valence-corrected chi connectivity index (χ2v) is 6.01. The van der Waals surface area contributed by atoms with Gasteiger partial charge < -0.3 is 10.5 Å². The maximum absolute atomic E-state index is 5.99. The van der Waals surface area contributed by atoms with Crippen LogP contribution >= 0.6 is 0 Å². The SMILES string of the molecule is Cc1cc(CN)cc(Oc2ccccc2C(C)(C)C)n1. The standard InChI is InChI=1S/C17H22N2O/c1-12-9-13(11-18)10-16(19-12)20-15-8-6-5-7-14(15)17(2,3)4/h5-10H,11,18H2,1-4H3. The zero-order valence-corrected chi connectivity index (χ0v) is 12.6. The smallest absolute Gasteiger partial charge is 0.219 e. The molecule has 0 radical (unpaired) electrons. The van der Waals surface area contributed by atoms with E-state index in [1.807, 2.05) is 37.3 Å². The number of rotatable bonds is 3. The summed E-state index contributed by atoms with van der Waals surface area (Å²) >= 11 is 0. The van der Waals surface area contributed by atoms with Crippen LogP contribution < -0.4 is 10.5 Å². The predicted octanol–water partition coefficient (Wildman–Crippen LogP) is 3.94. The third-order valence-corrected chi connectivity index (χ3v) is 3.14. The molecule has 0 unspecified atom stereocenters. The molecule has 0 saturated heterocycles. The van der Waals surface area contributed by atoms with Gasteiger partial charge in [-0.2, -0.15) is 0 Å². The summed E-state index contributed by atoms with van der Waals surface area (Å²) < 4.78 is 5.99. The van der Waals surface area contributed by atoms with Gasteiger partial charge in [0.15, 0.2) is 0 Å². The molecular formula is C17H22N2O. The van der Waals surface area contributed by atoms with E-state index in [0.717, 1.165) is 22.6 Å². The zero-order valence-electron chi connectivity index (χ0n) is 12.6. The van der Waals surface area contributed by atoms with Gasteiger partial charge in [0.2, 0.25) is 5.88 Å². The van der Waals surface area contributed by atoms with E-state index in [2.05, 4.69) is 31.8 Å². The van der Waals surface area contributed by atoms with Gasteiger partial charge >= 0.3 is 0 Å². The number of benzene rings is 1. The van der Waals surface area contributed by atoms with Crippen molar-refractivity contribution < 1.29 is 4.74 Å². The molecule has 3 heteroatoms. The van der Waals surface area contributed by atoms with Crippen LogP contribution in [0.5, 0.6) is 11.6 Å². The molecule has 0 aliphatic rings. The molecule has 0 bridgehead atoms. The molecule has 0 fully saturated rings. The first-order valence-electron chi connectivity index (χ1n) is 6.85. The van der Waals surface area contributed by atoms with E-state index in [1.165, 1.54) is 0 Å². The lowest BCUT2D eigenvalue weighted by Crippen LogP contribution is -2.12. The number of ether oxygens (including phenoxy) is 1. The van der Waals surface area contributed by atoms with Gasteiger partial charge in [-0.25, -0.2) is 4.98 Å². The van der Waals surface area contributed by atoms with Gasteiger partial charge in [-0.3, -0.25) is 0 Å². The minimum atomic E-state index is 0.0249. The molecule has 1 aromatic heterocycles. The van der Waals surface area contributed by atoms with Crippen LogP contribution in [0, 0.1) is 6.92 Å². The minimum absolute atomic E-state index is 0.0249. The minimum Gasteiger partial charge on any atom is -0.439 e. The van der Waals surface area contributed by atoms with Crippen molar-refractivity contribution in [1.82, 2.24) is 4.98 Å². The van der Waals surface area contributed by atoms with Crippen LogP contribution in [0.25, 0.3) is 0 Å². The first-order chi connectivity index (χ1) is 9.40. The lowest BCUT2D eigenvalue weighted by molar-refractivity contribution is 0.438. The highest BCUT2D eigenvalue weighted by Gasteiger charge is 2.19. The van der Waals surface area contributed by atoms with E-state index in [1.54, 1.807) is 0 Å². The van der Waals surface area contributed by atoms with E-state index in [0.29, 0.717) is 12.4 Å². The summed E-state index contributed by atoms with van der Waals surface area (Å²) in [5.41, 5.74) is 8.83. The molecule has 1 aromatic carbocycles. The number of hydrogen-bond donors (Lipinski definition) is 1. The fourth-order valence-corrected chi connectivity index (χ4v) is 2.16. The average Bonchev–Trinajstić information content (AvgIpc) is 2.37. The molecule has 1 heterocycles. The summed E-state index contributed by atoms with van der Waals surface area (Å²) in [6.07, 6.45) is 0. The third-order valence-electron chi connectivity index (χ3n) is 3.14. The van der Waals surface area contributed by atoms with Gasteiger partial charge in [-0.1, -0.05) is 39.0 Å². The highest BCUT2D eigenvalue weighted by molar-refractivity contribution is 5.41. The van der Waals surface area contributed by atoms with E-state index < -0.39 is 0 Å². The van der Waals surface area contributed by atoms with Crippen molar-refractivity contribution in [3.8, 4) is 11.6 Å². The van der Waals surface area contributed by atoms with Gasteiger partial charge in [0.05, 0.1) is 0 Å². The first kappa shape index (κ1) is 14.5. The van der Waals surface area contributed by atoms with E-state index in [-0.39, 0.29) is 5.41 Å². The average molecular weight is 270 g/mol. The molecular weight excluding hydrogens is 248 g/mol. The fraction of sp³-hybridized carbons (Fsp3) is 0.353. The Hall–Kier alpha value is -1.87. The lowest BCUT2D eigenvalue weighted by atomic mass is 9.86. The summed E-state index contributed by atoms with van der Waals surface area (Å²) in [5.74, 6) is 1.45. The number of pyridine rings is 1. The van der Waals surface area contributed by atoms with Crippen LogP contribution in [0.15, 0.2) is 36.4 Å². The van der Waals surface area contributed by atoms with Crippen molar-refractivity contribution in [3.05, 3.63) is 53.2 Å². The van der Waals surface area contributed by atoms with Crippen LogP contribution in [-0.4, -0.2) is 4.98 Å². The first-order valence-corrected chi connectivity index (χ1v) is 6.85. The van der Waals surface area contributed by atoms with Gasteiger partial charge in [0.1, 0.15) is 5.75 Å². The topological polar surface area (TPSA) is 48.1 Å². The van der Waals surface area contributed by atoms with Crippen molar-refractivity contribution in [3.63, 3.8) is 0 Å². The maximum atomic E-state index is 5.99. The molecule has 2 rings (SSSR count). The van der Waals surface area contributed by atoms with Gasteiger partial charge in [-0.05, 0) is 30.0 Å².